The van der Waals surface area contributed by atoms with Crippen LogP contribution in [0, 0.1) is 23.6 Å². The van der Waals surface area contributed by atoms with Gasteiger partial charge in [0.2, 0.25) is 0 Å². The van der Waals surface area contributed by atoms with Gasteiger partial charge in [-0.3, -0.25) is 4.79 Å². The van der Waals surface area contributed by atoms with Crippen molar-refractivity contribution >= 4 is 33.9 Å². The molecule has 0 spiro atoms. The number of benzene rings is 2. The van der Waals surface area contributed by atoms with E-state index in [0.29, 0.717) is 51.9 Å². The average Bonchev–Trinajstić information content (AvgIpc) is 3.44. The molecular weight excluding hydrogens is 573 g/mol. The van der Waals surface area contributed by atoms with E-state index in [1.54, 1.807) is 13.2 Å². The van der Waals surface area contributed by atoms with Crippen molar-refractivity contribution in [3.8, 4) is 28.5 Å². The van der Waals surface area contributed by atoms with Crippen LogP contribution in [0.4, 0.5) is 4.39 Å². The fourth-order valence-electron chi connectivity index (χ4n) is 7.59. The minimum atomic E-state index is -1.32. The van der Waals surface area contributed by atoms with Gasteiger partial charge < -0.3 is 23.9 Å². The maximum Gasteiger partial charge on any atom is 0.338 e. The lowest BCUT2D eigenvalue weighted by molar-refractivity contribution is 0.0684. The van der Waals surface area contributed by atoms with Gasteiger partial charge in [0.1, 0.15) is 22.7 Å². The smallest absolute Gasteiger partial charge is 0.338 e. The highest BCUT2D eigenvalue weighted by atomic mass is 19.1. The third-order valence-electron chi connectivity index (χ3n) is 10.3. The summed E-state index contributed by atoms with van der Waals surface area (Å²) in [7, 11) is 3.58. The summed E-state index contributed by atoms with van der Waals surface area (Å²) in [6, 6.07) is 13.9. The monoisotopic (exact) mass is 607 g/mol. The van der Waals surface area contributed by atoms with Gasteiger partial charge in [0.25, 0.3) is 5.91 Å². The van der Waals surface area contributed by atoms with Crippen LogP contribution in [0.15, 0.2) is 48.5 Å². The Labute approximate surface area is 259 Å². The molecule has 3 aromatic heterocycles. The van der Waals surface area contributed by atoms with Crippen LogP contribution in [0.25, 0.3) is 44.8 Å². The number of carboxylic acids is 1. The summed E-state index contributed by atoms with van der Waals surface area (Å²) in [6.45, 7) is 3.83. The molecule has 1 N–H and O–H groups in total. The van der Waals surface area contributed by atoms with Crippen molar-refractivity contribution in [3.05, 3.63) is 65.5 Å². The van der Waals surface area contributed by atoms with Gasteiger partial charge in [-0.1, -0.05) is 6.92 Å². The zero-order chi connectivity index (χ0) is 31.1. The molecule has 2 aromatic carbocycles. The second-order valence-corrected chi connectivity index (χ2v) is 13.0. The Morgan fingerprint density at radius 2 is 1.87 bits per heavy atom. The van der Waals surface area contributed by atoms with Crippen molar-refractivity contribution in [1.29, 1.82) is 0 Å². The number of aryl methyl sites for hydroxylation is 1. The van der Waals surface area contributed by atoms with E-state index in [2.05, 4.69) is 17.6 Å². The molecule has 0 radical (unpaired) electrons. The molecule has 9 nitrogen and oxygen atoms in total. The Kier molecular flexibility index (Phi) is 6.27. The van der Waals surface area contributed by atoms with Crippen molar-refractivity contribution in [2.45, 2.75) is 45.2 Å². The topological polar surface area (TPSA) is 102 Å². The fraction of sp³-hybridized carbons (Fsp3) is 0.371. The first kappa shape index (κ1) is 27.8. The van der Waals surface area contributed by atoms with Crippen LogP contribution in [0.3, 0.4) is 0 Å². The molecule has 4 heterocycles. The highest BCUT2D eigenvalue weighted by Gasteiger charge is 2.46. The molecule has 3 atom stereocenters. The van der Waals surface area contributed by atoms with E-state index >= 15 is 0 Å². The normalized spacial score (nSPS) is 20.9. The number of hydrogen-bond donors (Lipinski definition) is 1. The van der Waals surface area contributed by atoms with E-state index in [4.69, 9.17) is 14.7 Å². The van der Waals surface area contributed by atoms with E-state index in [9.17, 15) is 19.1 Å². The first-order chi connectivity index (χ1) is 21.7. The summed E-state index contributed by atoms with van der Waals surface area (Å²) in [4.78, 5) is 37.4. The molecule has 2 aliphatic carbocycles. The van der Waals surface area contributed by atoms with Gasteiger partial charge in [-0.15, -0.1) is 0 Å². The second kappa shape index (κ2) is 10.2. The number of ether oxygens (including phenoxy) is 1. The zero-order valence-corrected chi connectivity index (χ0v) is 25.5. The SMILES string of the molecule is COc1cc(C(=O)N2CC3CCC2[C@@H]3C)cc2nc(-c3cc4ccc(-c5ccc(F)c(C(=O)O)c5)nc4n3CC3CC3)n(C)c12. The summed E-state index contributed by atoms with van der Waals surface area (Å²) in [5.74, 6) is 0.910. The number of nitrogens with zero attached hydrogens (tertiary/aromatic N) is 5. The number of hydrogen-bond acceptors (Lipinski definition) is 5. The average molecular weight is 608 g/mol. The van der Waals surface area contributed by atoms with Crippen LogP contribution < -0.4 is 4.74 Å². The van der Waals surface area contributed by atoms with Crippen molar-refractivity contribution in [1.82, 2.24) is 24.0 Å². The number of carbonyl (C=O) groups excluding carboxylic acids is 1. The maximum absolute atomic E-state index is 14.1. The Hall–Kier alpha value is -4.73. The molecule has 2 saturated carbocycles. The molecule has 8 rings (SSSR count). The number of carbonyl (C=O) groups is 2. The minimum Gasteiger partial charge on any atom is -0.494 e. The zero-order valence-electron chi connectivity index (χ0n) is 25.5. The Bertz CT molecular complexity index is 2040. The molecule has 230 valence electrons. The van der Waals surface area contributed by atoms with Crippen LogP contribution in [-0.4, -0.2) is 60.7 Å². The number of piperidine rings is 1. The molecule has 10 heteroatoms. The lowest BCUT2D eigenvalue weighted by Crippen LogP contribution is -2.38. The largest absolute Gasteiger partial charge is 0.494 e. The van der Waals surface area contributed by atoms with Crippen LogP contribution in [0.5, 0.6) is 5.75 Å². The van der Waals surface area contributed by atoms with Gasteiger partial charge in [0, 0.05) is 42.7 Å². The van der Waals surface area contributed by atoms with Gasteiger partial charge in [0.15, 0.2) is 5.82 Å². The fourth-order valence-corrected chi connectivity index (χ4v) is 7.59. The number of pyridine rings is 1. The van der Waals surface area contributed by atoms with E-state index in [0.717, 1.165) is 60.4 Å². The number of halogens is 1. The van der Waals surface area contributed by atoms with Gasteiger partial charge in [-0.25, -0.2) is 19.2 Å². The first-order valence-corrected chi connectivity index (χ1v) is 15.6. The van der Waals surface area contributed by atoms with E-state index in [1.165, 1.54) is 18.6 Å². The third kappa shape index (κ3) is 4.41. The number of likely N-dealkylation sites (tertiary alicyclic amines) is 1. The molecule has 1 amide bonds. The quantitative estimate of drug-likeness (QED) is 0.230. The Balaban J connectivity index is 1.24. The summed E-state index contributed by atoms with van der Waals surface area (Å²) in [5, 5.41) is 10.4. The van der Waals surface area contributed by atoms with E-state index < -0.39 is 11.8 Å². The molecule has 3 aliphatic rings. The third-order valence-corrected chi connectivity index (χ3v) is 10.3. The molecule has 1 saturated heterocycles. The molecule has 45 heavy (non-hydrogen) atoms. The molecule has 1 aliphatic heterocycles. The maximum atomic E-state index is 14.1. The number of carboxylic acid groups (broad SMARTS) is 1. The van der Waals surface area contributed by atoms with Gasteiger partial charge in [-0.2, -0.15) is 0 Å². The number of rotatable bonds is 7. The Morgan fingerprint density at radius 3 is 2.56 bits per heavy atom. The first-order valence-electron chi connectivity index (χ1n) is 15.6. The predicted octanol–water partition coefficient (Wildman–Crippen LogP) is 6.38. The predicted molar refractivity (Wildman–Crippen MR) is 168 cm³/mol. The number of aromatic nitrogens is 4. The summed E-state index contributed by atoms with van der Waals surface area (Å²) >= 11 is 0. The summed E-state index contributed by atoms with van der Waals surface area (Å²) < 4.78 is 24.2. The summed E-state index contributed by atoms with van der Waals surface area (Å²) in [6.07, 6.45) is 4.53. The van der Waals surface area contributed by atoms with Crippen molar-refractivity contribution in [3.63, 3.8) is 0 Å². The van der Waals surface area contributed by atoms with Gasteiger partial charge in [0.05, 0.1) is 29.6 Å². The number of fused-ring (bicyclic) bond motifs is 4. The standard InChI is InChI=1S/C35H34FN5O4/c1-18-22-8-11-28(18)41(17-22)34(42)23-13-27-31(30(15-23)45-3)39(2)33(38-27)29-14-21-7-10-26(37-32(21)40(29)16-19-4-5-19)20-6-9-25(36)24(12-20)35(43)44/h6-7,9-10,12-15,18-19,22,28H,4-5,8,11,16-17H2,1-3H3,(H,43,44)/t18-,22?,28?/m1/s1. The van der Waals surface area contributed by atoms with E-state index in [1.807, 2.05) is 40.8 Å². The van der Waals surface area contributed by atoms with Crippen molar-refractivity contribution in [2.24, 2.45) is 24.8 Å². The molecule has 5 aromatic rings. The van der Waals surface area contributed by atoms with Crippen LogP contribution in [0.2, 0.25) is 0 Å². The van der Waals surface area contributed by atoms with Gasteiger partial charge in [-0.05, 0) is 92.0 Å². The second-order valence-electron chi connectivity index (χ2n) is 13.0. The summed E-state index contributed by atoms with van der Waals surface area (Å²) in [5.41, 5.74) is 4.44. The molecule has 2 unspecified atom stereocenters. The molecular formula is C35H34FN5O4. The molecule has 3 fully saturated rings. The van der Waals surface area contributed by atoms with Crippen molar-refractivity contribution < 1.29 is 23.8 Å². The van der Waals surface area contributed by atoms with Crippen LogP contribution in [-0.2, 0) is 13.6 Å². The van der Waals surface area contributed by atoms with Crippen LogP contribution in [0.1, 0.15) is 53.3 Å². The molecule has 2 bridgehead atoms. The van der Waals surface area contributed by atoms with Crippen LogP contribution >= 0.6 is 0 Å². The number of amides is 1. The van der Waals surface area contributed by atoms with Gasteiger partial charge >= 0.3 is 5.97 Å². The minimum absolute atomic E-state index is 0.0351. The van der Waals surface area contributed by atoms with E-state index in [-0.39, 0.29) is 11.5 Å². The van der Waals surface area contributed by atoms with Crippen molar-refractivity contribution in [2.75, 3.05) is 13.7 Å². The highest BCUT2D eigenvalue weighted by molar-refractivity contribution is 6.00. The highest BCUT2D eigenvalue weighted by Crippen LogP contribution is 2.44. The Morgan fingerprint density at radius 1 is 1.04 bits per heavy atom. The lowest BCUT2D eigenvalue weighted by atomic mass is 10.0. The number of aromatic carboxylic acids is 1. The number of methoxy groups -OCH3 is 1. The lowest BCUT2D eigenvalue weighted by Gasteiger charge is -2.27. The number of imidazole rings is 1.